The third-order valence-electron chi connectivity index (χ3n) is 3.24. The largest absolute Gasteiger partial charge is 0.508 e. The molecule has 0 saturated carbocycles. The summed E-state index contributed by atoms with van der Waals surface area (Å²) in [5, 5.41) is 9.05. The Morgan fingerprint density at radius 3 is 2.71 bits per heavy atom. The van der Waals surface area contributed by atoms with Gasteiger partial charge in [-0.3, -0.25) is 0 Å². The van der Waals surface area contributed by atoms with Gasteiger partial charge in [0.1, 0.15) is 6.10 Å². The summed E-state index contributed by atoms with van der Waals surface area (Å²) < 4.78 is 47.9. The van der Waals surface area contributed by atoms with Crippen molar-refractivity contribution in [2.24, 2.45) is 0 Å². The Kier molecular flexibility index (Phi) is 4.07. The molecule has 21 heavy (non-hydrogen) atoms. The Bertz CT molecular complexity index is 592. The molecule has 0 aliphatic heterocycles. The number of carbonyl (C=O) groups is 1. The first-order valence-corrected chi connectivity index (χ1v) is 6.30. The standard InChI is InChI=1S/C14H12F3NO3/c1-2-20-13(19)21-12-5-8(7-18)10-4-3-9(6-11(10)12)14(15,16)17/h3-4,6,8,12H,2,5H2,1H3. The van der Waals surface area contributed by atoms with Crippen molar-refractivity contribution in [1.82, 2.24) is 0 Å². The number of hydrogen-bond donors (Lipinski definition) is 0. The van der Waals surface area contributed by atoms with Gasteiger partial charge in [-0.05, 0) is 30.2 Å². The van der Waals surface area contributed by atoms with Gasteiger partial charge in [0.2, 0.25) is 0 Å². The predicted octanol–water partition coefficient (Wildman–Crippen LogP) is 3.93. The van der Waals surface area contributed by atoms with Crippen LogP contribution in [0.15, 0.2) is 18.2 Å². The zero-order valence-electron chi connectivity index (χ0n) is 11.1. The SMILES string of the molecule is CCOC(=O)OC1CC(C#N)c2ccc(C(F)(F)F)cc21. The van der Waals surface area contributed by atoms with Gasteiger partial charge in [0, 0.05) is 6.42 Å². The first kappa shape index (κ1) is 15.2. The first-order valence-electron chi connectivity index (χ1n) is 6.30. The lowest BCUT2D eigenvalue weighted by atomic mass is 10.0. The number of alkyl halides is 3. The number of nitrogens with zero attached hydrogens (tertiary/aromatic N) is 1. The number of fused-ring (bicyclic) bond motifs is 1. The van der Waals surface area contributed by atoms with Gasteiger partial charge in [-0.1, -0.05) is 6.07 Å². The monoisotopic (exact) mass is 299 g/mol. The molecule has 0 spiro atoms. The quantitative estimate of drug-likeness (QED) is 0.776. The van der Waals surface area contributed by atoms with Gasteiger partial charge in [-0.15, -0.1) is 0 Å². The van der Waals surface area contributed by atoms with Gasteiger partial charge in [0.05, 0.1) is 24.2 Å². The molecule has 7 heteroatoms. The normalized spacial score (nSPS) is 20.5. The molecular formula is C14H12F3NO3. The molecule has 0 bridgehead atoms. The average Bonchev–Trinajstić information content (AvgIpc) is 2.75. The molecule has 0 amide bonds. The molecule has 1 aromatic carbocycles. The molecule has 4 nitrogen and oxygen atoms in total. The first-order chi connectivity index (χ1) is 9.86. The van der Waals surface area contributed by atoms with Crippen LogP contribution in [0.1, 0.15) is 42.1 Å². The molecule has 2 atom stereocenters. The van der Waals surface area contributed by atoms with E-state index in [2.05, 4.69) is 4.74 Å². The zero-order valence-corrected chi connectivity index (χ0v) is 11.1. The Labute approximate surface area is 119 Å². The van der Waals surface area contributed by atoms with E-state index in [1.165, 1.54) is 6.07 Å². The highest BCUT2D eigenvalue weighted by molar-refractivity contribution is 5.61. The second kappa shape index (κ2) is 5.64. The van der Waals surface area contributed by atoms with E-state index in [1.54, 1.807) is 6.92 Å². The van der Waals surface area contributed by atoms with E-state index in [1.807, 2.05) is 6.07 Å². The number of ether oxygens (including phenoxy) is 2. The molecule has 0 N–H and O–H groups in total. The highest BCUT2D eigenvalue weighted by Crippen LogP contribution is 2.44. The lowest BCUT2D eigenvalue weighted by Crippen LogP contribution is -2.12. The zero-order chi connectivity index (χ0) is 15.6. The van der Waals surface area contributed by atoms with E-state index in [0.717, 1.165) is 12.1 Å². The van der Waals surface area contributed by atoms with Crippen molar-refractivity contribution >= 4 is 6.16 Å². The van der Waals surface area contributed by atoms with Crippen molar-refractivity contribution in [3.8, 4) is 6.07 Å². The van der Waals surface area contributed by atoms with Crippen LogP contribution in [0.3, 0.4) is 0 Å². The Morgan fingerprint density at radius 2 is 2.14 bits per heavy atom. The van der Waals surface area contributed by atoms with Crippen LogP contribution in [0.2, 0.25) is 0 Å². The summed E-state index contributed by atoms with van der Waals surface area (Å²) in [5.41, 5.74) is -0.165. The van der Waals surface area contributed by atoms with Crippen molar-refractivity contribution < 1.29 is 27.4 Å². The van der Waals surface area contributed by atoms with E-state index < -0.39 is 29.9 Å². The van der Waals surface area contributed by atoms with Gasteiger partial charge in [-0.25, -0.2) is 4.79 Å². The maximum absolute atomic E-state index is 12.7. The fourth-order valence-electron chi connectivity index (χ4n) is 2.32. The van der Waals surface area contributed by atoms with E-state index in [0.29, 0.717) is 5.56 Å². The van der Waals surface area contributed by atoms with E-state index in [-0.39, 0.29) is 18.6 Å². The summed E-state index contributed by atoms with van der Waals surface area (Å²) in [5.74, 6) is -0.596. The smallest absolute Gasteiger partial charge is 0.435 e. The lowest BCUT2D eigenvalue weighted by Gasteiger charge is -2.14. The van der Waals surface area contributed by atoms with Crippen LogP contribution in [-0.2, 0) is 15.7 Å². The maximum Gasteiger partial charge on any atom is 0.508 e. The Morgan fingerprint density at radius 1 is 1.43 bits per heavy atom. The fraction of sp³-hybridized carbons (Fsp3) is 0.429. The molecule has 1 aliphatic rings. The molecule has 0 fully saturated rings. The summed E-state index contributed by atoms with van der Waals surface area (Å²) in [6.45, 7) is 1.69. The van der Waals surface area contributed by atoms with Crippen molar-refractivity contribution in [3.63, 3.8) is 0 Å². The lowest BCUT2D eigenvalue weighted by molar-refractivity contribution is -0.137. The third kappa shape index (κ3) is 3.10. The molecule has 2 unspecified atom stereocenters. The Hall–Kier alpha value is -2.23. The molecule has 1 aromatic rings. The molecular weight excluding hydrogens is 287 g/mol. The number of rotatable bonds is 2. The molecule has 0 aromatic heterocycles. The van der Waals surface area contributed by atoms with Gasteiger partial charge in [-0.2, -0.15) is 18.4 Å². The van der Waals surface area contributed by atoms with Crippen LogP contribution in [0, 0.1) is 11.3 Å². The van der Waals surface area contributed by atoms with E-state index >= 15 is 0 Å². The Balaban J connectivity index is 2.34. The molecule has 0 saturated heterocycles. The molecule has 1 aliphatic carbocycles. The van der Waals surface area contributed by atoms with Gasteiger partial charge in [0.15, 0.2) is 0 Å². The number of benzene rings is 1. The summed E-state index contributed by atoms with van der Waals surface area (Å²) in [7, 11) is 0. The molecule has 2 rings (SSSR count). The fourth-order valence-corrected chi connectivity index (χ4v) is 2.32. The van der Waals surface area contributed by atoms with Crippen LogP contribution in [0.25, 0.3) is 0 Å². The summed E-state index contributed by atoms with van der Waals surface area (Å²) in [4.78, 5) is 11.3. The van der Waals surface area contributed by atoms with Gasteiger partial charge >= 0.3 is 12.3 Å². The topological polar surface area (TPSA) is 59.3 Å². The summed E-state index contributed by atoms with van der Waals surface area (Å²) in [6.07, 6.45) is -6.21. The number of carbonyl (C=O) groups excluding carboxylic acids is 1. The van der Waals surface area contributed by atoms with Gasteiger partial charge in [0.25, 0.3) is 0 Å². The predicted molar refractivity (Wildman–Crippen MR) is 65.3 cm³/mol. The summed E-state index contributed by atoms with van der Waals surface area (Å²) >= 11 is 0. The van der Waals surface area contributed by atoms with Crippen LogP contribution >= 0.6 is 0 Å². The minimum Gasteiger partial charge on any atom is -0.435 e. The molecule has 0 heterocycles. The number of halogens is 3. The maximum atomic E-state index is 12.7. The average molecular weight is 299 g/mol. The van der Waals surface area contributed by atoms with E-state index in [9.17, 15) is 18.0 Å². The van der Waals surface area contributed by atoms with Crippen molar-refractivity contribution in [3.05, 3.63) is 34.9 Å². The van der Waals surface area contributed by atoms with Gasteiger partial charge < -0.3 is 9.47 Å². The third-order valence-corrected chi connectivity index (χ3v) is 3.24. The van der Waals surface area contributed by atoms with Crippen molar-refractivity contribution in [2.75, 3.05) is 6.61 Å². The summed E-state index contributed by atoms with van der Waals surface area (Å²) in [6, 6.07) is 5.12. The van der Waals surface area contributed by atoms with Crippen molar-refractivity contribution in [1.29, 1.82) is 5.26 Å². The molecule has 0 radical (unpaired) electrons. The molecule has 112 valence electrons. The minimum absolute atomic E-state index is 0.0999. The van der Waals surface area contributed by atoms with Crippen LogP contribution in [0.5, 0.6) is 0 Å². The second-order valence-electron chi connectivity index (χ2n) is 4.55. The van der Waals surface area contributed by atoms with Crippen molar-refractivity contribution in [2.45, 2.75) is 31.5 Å². The number of hydrogen-bond acceptors (Lipinski definition) is 4. The highest BCUT2D eigenvalue weighted by Gasteiger charge is 2.38. The highest BCUT2D eigenvalue weighted by atomic mass is 19.4. The van der Waals surface area contributed by atoms with Crippen LogP contribution in [0.4, 0.5) is 18.0 Å². The van der Waals surface area contributed by atoms with Crippen LogP contribution in [-0.4, -0.2) is 12.8 Å². The van der Waals surface area contributed by atoms with Crippen LogP contribution < -0.4 is 0 Å². The second-order valence-corrected chi connectivity index (χ2v) is 4.55. The number of nitriles is 1. The minimum atomic E-state index is -4.49. The van der Waals surface area contributed by atoms with E-state index in [4.69, 9.17) is 10.00 Å².